The summed E-state index contributed by atoms with van der Waals surface area (Å²) in [7, 11) is 6.78. The summed E-state index contributed by atoms with van der Waals surface area (Å²) >= 11 is 0. The van der Waals surface area contributed by atoms with E-state index in [2.05, 4.69) is 35.2 Å². The lowest BCUT2D eigenvalue weighted by molar-refractivity contribution is 0.172. The zero-order valence-electron chi connectivity index (χ0n) is 18.5. The van der Waals surface area contributed by atoms with Crippen molar-refractivity contribution in [3.8, 4) is 23.0 Å². The molecule has 0 bridgehead atoms. The molecule has 1 saturated heterocycles. The van der Waals surface area contributed by atoms with Gasteiger partial charge in [-0.1, -0.05) is 12.5 Å². The first-order chi connectivity index (χ1) is 14.7. The molecule has 5 nitrogen and oxygen atoms in total. The van der Waals surface area contributed by atoms with E-state index in [1.165, 1.54) is 36.9 Å². The van der Waals surface area contributed by atoms with Gasteiger partial charge in [0.25, 0.3) is 0 Å². The van der Waals surface area contributed by atoms with Gasteiger partial charge in [0.05, 0.1) is 28.4 Å². The minimum absolute atomic E-state index is 0.594. The largest absolute Gasteiger partial charge is 0.493 e. The lowest BCUT2D eigenvalue weighted by Gasteiger charge is -2.46. The summed E-state index contributed by atoms with van der Waals surface area (Å²) in [6.45, 7) is 2.17. The number of ether oxygens (including phenoxy) is 4. The second-order valence-corrected chi connectivity index (χ2v) is 8.35. The van der Waals surface area contributed by atoms with Crippen LogP contribution in [0.5, 0.6) is 23.0 Å². The molecule has 0 amide bonds. The first-order valence-electron chi connectivity index (χ1n) is 10.9. The molecule has 30 heavy (non-hydrogen) atoms. The molecule has 1 saturated carbocycles. The van der Waals surface area contributed by atoms with Crippen LogP contribution in [-0.4, -0.2) is 41.5 Å². The van der Waals surface area contributed by atoms with E-state index in [4.69, 9.17) is 18.9 Å². The van der Waals surface area contributed by atoms with Crippen molar-refractivity contribution in [3.05, 3.63) is 42.0 Å². The van der Waals surface area contributed by atoms with Gasteiger partial charge >= 0.3 is 0 Å². The third-order valence-electron chi connectivity index (χ3n) is 6.97. The van der Waals surface area contributed by atoms with Crippen LogP contribution in [0, 0.1) is 11.8 Å². The van der Waals surface area contributed by atoms with Crippen molar-refractivity contribution < 1.29 is 18.9 Å². The average Bonchev–Trinajstić information content (AvgIpc) is 2.82. The van der Waals surface area contributed by atoms with Gasteiger partial charge in [-0.05, 0) is 66.8 Å². The molecule has 4 rings (SSSR count). The number of rotatable bonds is 6. The smallest absolute Gasteiger partial charge is 0.162 e. The minimum Gasteiger partial charge on any atom is -0.493 e. The lowest BCUT2D eigenvalue weighted by Crippen LogP contribution is -2.44. The van der Waals surface area contributed by atoms with Crippen molar-refractivity contribution in [3.63, 3.8) is 0 Å². The van der Waals surface area contributed by atoms with Crippen molar-refractivity contribution in [2.75, 3.05) is 46.4 Å². The summed E-state index contributed by atoms with van der Waals surface area (Å²) in [6.07, 6.45) is 5.04. The van der Waals surface area contributed by atoms with Gasteiger partial charge < -0.3 is 23.8 Å². The molecular weight excluding hydrogens is 378 g/mol. The van der Waals surface area contributed by atoms with Crippen LogP contribution in [0.15, 0.2) is 36.4 Å². The predicted octanol–water partition coefficient (Wildman–Crippen LogP) is 5.13. The van der Waals surface area contributed by atoms with E-state index >= 15 is 0 Å². The van der Waals surface area contributed by atoms with Crippen molar-refractivity contribution in [2.45, 2.75) is 31.6 Å². The monoisotopic (exact) mass is 411 g/mol. The third kappa shape index (κ3) is 3.90. The zero-order valence-corrected chi connectivity index (χ0v) is 18.5. The minimum atomic E-state index is 0.594. The number of nitrogens with zero attached hydrogens (tertiary/aromatic N) is 1. The van der Waals surface area contributed by atoms with Crippen LogP contribution in [-0.2, 0) is 0 Å². The Hall–Kier alpha value is -2.56. The predicted molar refractivity (Wildman–Crippen MR) is 119 cm³/mol. The number of piperidine rings is 1. The fourth-order valence-electron chi connectivity index (χ4n) is 5.45. The van der Waals surface area contributed by atoms with Crippen LogP contribution in [0.25, 0.3) is 0 Å². The van der Waals surface area contributed by atoms with Gasteiger partial charge in [-0.3, -0.25) is 0 Å². The van der Waals surface area contributed by atoms with Crippen molar-refractivity contribution in [1.82, 2.24) is 0 Å². The molecule has 162 valence electrons. The van der Waals surface area contributed by atoms with Gasteiger partial charge in [0.1, 0.15) is 0 Å². The normalized spacial score (nSPS) is 23.5. The highest BCUT2D eigenvalue weighted by atomic mass is 16.5. The highest BCUT2D eigenvalue weighted by molar-refractivity contribution is 5.57. The van der Waals surface area contributed by atoms with E-state index < -0.39 is 0 Å². The van der Waals surface area contributed by atoms with Gasteiger partial charge in [-0.15, -0.1) is 0 Å². The lowest BCUT2D eigenvalue weighted by atomic mass is 9.66. The molecule has 5 heteroatoms. The van der Waals surface area contributed by atoms with Crippen molar-refractivity contribution in [1.29, 1.82) is 0 Å². The number of benzene rings is 2. The van der Waals surface area contributed by atoms with E-state index in [0.717, 1.165) is 36.1 Å². The summed E-state index contributed by atoms with van der Waals surface area (Å²) in [5, 5.41) is 0. The Morgan fingerprint density at radius 2 is 1.40 bits per heavy atom. The van der Waals surface area contributed by atoms with E-state index in [1.54, 1.807) is 28.4 Å². The van der Waals surface area contributed by atoms with E-state index in [0.29, 0.717) is 17.8 Å². The van der Waals surface area contributed by atoms with Crippen LogP contribution in [0.1, 0.15) is 37.2 Å². The van der Waals surface area contributed by atoms with Gasteiger partial charge in [0, 0.05) is 24.8 Å². The first kappa shape index (κ1) is 20.7. The van der Waals surface area contributed by atoms with Crippen LogP contribution >= 0.6 is 0 Å². The molecule has 2 fully saturated rings. The molecule has 1 aliphatic heterocycles. The SMILES string of the molecule is COc1ccc(C2CCCC3CN(c4ccc(OC)c(OC)c4)CCC32)cc1OC. The average molecular weight is 412 g/mol. The standard InChI is InChI=1S/C25H33NO4/c1-27-22-10-8-17(14-24(22)29-3)20-7-5-6-18-16-26(13-12-21(18)20)19-9-11-23(28-2)25(15-19)30-4/h8-11,14-15,18,20-21H,5-7,12-13,16H2,1-4H3. The molecule has 1 heterocycles. The van der Waals surface area contributed by atoms with Gasteiger partial charge in [0.15, 0.2) is 23.0 Å². The Morgan fingerprint density at radius 1 is 0.733 bits per heavy atom. The van der Waals surface area contributed by atoms with Crippen LogP contribution in [0.3, 0.4) is 0 Å². The van der Waals surface area contributed by atoms with Crippen molar-refractivity contribution >= 4 is 5.69 Å². The Morgan fingerprint density at radius 3 is 2.10 bits per heavy atom. The number of anilines is 1. The molecule has 3 unspecified atom stereocenters. The molecular formula is C25H33NO4. The number of methoxy groups -OCH3 is 4. The molecule has 2 aromatic rings. The third-order valence-corrected chi connectivity index (χ3v) is 6.97. The van der Waals surface area contributed by atoms with Gasteiger partial charge in [0.2, 0.25) is 0 Å². The number of fused-ring (bicyclic) bond motifs is 1. The summed E-state index contributed by atoms with van der Waals surface area (Å²) in [5.41, 5.74) is 2.61. The van der Waals surface area contributed by atoms with Crippen LogP contribution in [0.4, 0.5) is 5.69 Å². The summed E-state index contributed by atoms with van der Waals surface area (Å²) in [5.74, 6) is 5.23. The Bertz CT molecular complexity index is 868. The molecule has 0 spiro atoms. The van der Waals surface area contributed by atoms with Crippen LogP contribution < -0.4 is 23.8 Å². The summed E-state index contributed by atoms with van der Waals surface area (Å²) in [6, 6.07) is 12.7. The number of hydrogen-bond acceptors (Lipinski definition) is 5. The maximum atomic E-state index is 5.56. The second-order valence-electron chi connectivity index (χ2n) is 8.35. The highest BCUT2D eigenvalue weighted by Crippen LogP contribution is 2.47. The maximum absolute atomic E-state index is 5.56. The summed E-state index contributed by atoms with van der Waals surface area (Å²) in [4.78, 5) is 2.51. The van der Waals surface area contributed by atoms with Gasteiger partial charge in [-0.25, -0.2) is 0 Å². The zero-order chi connectivity index (χ0) is 21.1. The van der Waals surface area contributed by atoms with Crippen LogP contribution in [0.2, 0.25) is 0 Å². The molecule has 0 N–H and O–H groups in total. The molecule has 1 aliphatic carbocycles. The molecule has 0 radical (unpaired) electrons. The highest BCUT2D eigenvalue weighted by Gasteiger charge is 2.38. The molecule has 2 aromatic carbocycles. The molecule has 0 aromatic heterocycles. The Kier molecular flexibility index (Phi) is 6.26. The number of hydrogen-bond donors (Lipinski definition) is 0. The first-order valence-corrected chi connectivity index (χ1v) is 10.9. The van der Waals surface area contributed by atoms with E-state index in [1.807, 2.05) is 6.07 Å². The fourth-order valence-corrected chi connectivity index (χ4v) is 5.45. The topological polar surface area (TPSA) is 40.2 Å². The Balaban J connectivity index is 1.52. The second kappa shape index (κ2) is 9.07. The summed E-state index contributed by atoms with van der Waals surface area (Å²) < 4.78 is 21.9. The van der Waals surface area contributed by atoms with Gasteiger partial charge in [-0.2, -0.15) is 0 Å². The quantitative estimate of drug-likeness (QED) is 0.659. The molecule has 2 aliphatic rings. The van der Waals surface area contributed by atoms with E-state index in [9.17, 15) is 0 Å². The maximum Gasteiger partial charge on any atom is 0.162 e. The Labute approximate surface area is 179 Å². The van der Waals surface area contributed by atoms with Crippen molar-refractivity contribution in [2.24, 2.45) is 11.8 Å². The molecule has 3 atom stereocenters. The fraction of sp³-hybridized carbons (Fsp3) is 0.520. The van der Waals surface area contributed by atoms with E-state index in [-0.39, 0.29) is 0 Å².